The maximum Gasteiger partial charge on any atom is 0.220 e. The standard InChI is InChI=1S/C21H41NO2/c1-3-4-5-6-7-8-9-10-11-12-13-14-15-16-17-20(21(22)24)18-19(2)23/h10-11,19-20,23H,3-9,12-18H2,1-2H3,(H2,22,24). The van der Waals surface area contributed by atoms with Gasteiger partial charge in [-0.3, -0.25) is 4.79 Å². The zero-order valence-corrected chi connectivity index (χ0v) is 16.1. The van der Waals surface area contributed by atoms with Crippen LogP contribution in [-0.2, 0) is 4.79 Å². The predicted molar refractivity (Wildman–Crippen MR) is 104 cm³/mol. The van der Waals surface area contributed by atoms with Crippen molar-refractivity contribution in [1.82, 2.24) is 0 Å². The van der Waals surface area contributed by atoms with E-state index in [1.54, 1.807) is 6.92 Å². The van der Waals surface area contributed by atoms with Gasteiger partial charge in [0.1, 0.15) is 0 Å². The van der Waals surface area contributed by atoms with E-state index in [4.69, 9.17) is 5.73 Å². The van der Waals surface area contributed by atoms with E-state index >= 15 is 0 Å². The molecule has 0 aliphatic carbocycles. The van der Waals surface area contributed by atoms with Crippen LogP contribution in [0, 0.1) is 5.92 Å². The van der Waals surface area contributed by atoms with Gasteiger partial charge in [-0.1, -0.05) is 70.4 Å². The Morgan fingerprint density at radius 2 is 1.42 bits per heavy atom. The Balaban J connectivity index is 3.40. The highest BCUT2D eigenvalue weighted by molar-refractivity contribution is 5.76. The number of amides is 1. The summed E-state index contributed by atoms with van der Waals surface area (Å²) < 4.78 is 0. The smallest absolute Gasteiger partial charge is 0.220 e. The predicted octanol–water partition coefficient (Wildman–Crippen LogP) is 5.51. The Morgan fingerprint density at radius 3 is 1.92 bits per heavy atom. The SMILES string of the molecule is CCCCCCCCC=CCCCCCCC(CC(C)O)C(N)=O. The minimum absolute atomic E-state index is 0.165. The van der Waals surface area contributed by atoms with Crippen LogP contribution < -0.4 is 5.73 Å². The molecule has 0 aliphatic rings. The first-order chi connectivity index (χ1) is 11.6. The van der Waals surface area contributed by atoms with Crippen molar-refractivity contribution in [1.29, 1.82) is 0 Å². The summed E-state index contributed by atoms with van der Waals surface area (Å²) in [5.74, 6) is -0.434. The van der Waals surface area contributed by atoms with Crippen LogP contribution in [0.2, 0.25) is 0 Å². The Labute approximate surface area is 150 Å². The highest BCUT2D eigenvalue weighted by Crippen LogP contribution is 2.16. The van der Waals surface area contributed by atoms with E-state index in [9.17, 15) is 9.90 Å². The fraction of sp³-hybridized carbons (Fsp3) is 0.857. The monoisotopic (exact) mass is 339 g/mol. The zero-order valence-electron chi connectivity index (χ0n) is 16.1. The van der Waals surface area contributed by atoms with Crippen LogP contribution >= 0.6 is 0 Å². The number of unbranched alkanes of at least 4 members (excludes halogenated alkanes) is 10. The second-order valence-corrected chi connectivity index (χ2v) is 7.20. The number of aliphatic hydroxyl groups excluding tert-OH is 1. The van der Waals surface area contributed by atoms with Crippen molar-refractivity contribution in [3.63, 3.8) is 0 Å². The quantitative estimate of drug-likeness (QED) is 0.271. The van der Waals surface area contributed by atoms with E-state index in [1.807, 2.05) is 0 Å². The van der Waals surface area contributed by atoms with Gasteiger partial charge in [0, 0.05) is 5.92 Å². The molecule has 2 unspecified atom stereocenters. The molecule has 0 aromatic rings. The fourth-order valence-electron chi connectivity index (χ4n) is 3.07. The average molecular weight is 340 g/mol. The summed E-state index contributed by atoms with van der Waals surface area (Å²) in [6, 6.07) is 0. The number of aliphatic hydroxyl groups is 1. The Kier molecular flexibility index (Phi) is 16.4. The van der Waals surface area contributed by atoms with Crippen molar-refractivity contribution < 1.29 is 9.90 Å². The van der Waals surface area contributed by atoms with Crippen LogP contribution in [-0.4, -0.2) is 17.1 Å². The third-order valence-electron chi connectivity index (χ3n) is 4.59. The highest BCUT2D eigenvalue weighted by atomic mass is 16.3. The van der Waals surface area contributed by atoms with E-state index in [0.717, 1.165) is 19.3 Å². The van der Waals surface area contributed by atoms with E-state index in [-0.39, 0.29) is 11.8 Å². The van der Waals surface area contributed by atoms with Crippen molar-refractivity contribution in [2.24, 2.45) is 11.7 Å². The lowest BCUT2D eigenvalue weighted by Crippen LogP contribution is -2.26. The average Bonchev–Trinajstić information content (AvgIpc) is 2.53. The summed E-state index contributed by atoms with van der Waals surface area (Å²) in [6.07, 6.45) is 20.7. The Bertz CT molecular complexity index is 313. The molecule has 1 amide bonds. The first kappa shape index (κ1) is 23.2. The lowest BCUT2D eigenvalue weighted by Gasteiger charge is -2.14. The number of hydrogen-bond donors (Lipinski definition) is 2. The van der Waals surface area contributed by atoms with E-state index in [1.165, 1.54) is 64.2 Å². The molecule has 0 rings (SSSR count). The molecule has 0 bridgehead atoms. The van der Waals surface area contributed by atoms with E-state index in [0.29, 0.717) is 6.42 Å². The van der Waals surface area contributed by atoms with Crippen LogP contribution in [0.3, 0.4) is 0 Å². The van der Waals surface area contributed by atoms with Crippen LogP contribution in [0.1, 0.15) is 104 Å². The minimum atomic E-state index is -0.445. The Morgan fingerprint density at radius 1 is 0.917 bits per heavy atom. The fourth-order valence-corrected chi connectivity index (χ4v) is 3.07. The number of carbonyl (C=O) groups excluding carboxylic acids is 1. The van der Waals surface area contributed by atoms with Gasteiger partial charge in [0.2, 0.25) is 5.91 Å². The third-order valence-corrected chi connectivity index (χ3v) is 4.59. The summed E-state index contributed by atoms with van der Waals surface area (Å²) in [7, 11) is 0. The van der Waals surface area contributed by atoms with Crippen molar-refractivity contribution in [2.75, 3.05) is 0 Å². The number of nitrogens with two attached hydrogens (primary N) is 1. The molecule has 0 aliphatic heterocycles. The summed E-state index contributed by atoms with van der Waals surface area (Å²) in [5, 5.41) is 9.37. The molecule has 0 fully saturated rings. The van der Waals surface area contributed by atoms with Crippen LogP contribution in [0.25, 0.3) is 0 Å². The maximum atomic E-state index is 11.3. The van der Waals surface area contributed by atoms with Crippen molar-refractivity contribution in [3.8, 4) is 0 Å². The molecule has 24 heavy (non-hydrogen) atoms. The first-order valence-electron chi connectivity index (χ1n) is 10.2. The molecule has 0 heterocycles. The van der Waals surface area contributed by atoms with E-state index in [2.05, 4.69) is 19.1 Å². The third kappa shape index (κ3) is 16.0. The molecule has 2 atom stereocenters. The van der Waals surface area contributed by atoms with E-state index < -0.39 is 6.10 Å². The molecule has 3 heteroatoms. The second-order valence-electron chi connectivity index (χ2n) is 7.20. The molecule has 0 radical (unpaired) electrons. The normalized spacial score (nSPS) is 14.1. The van der Waals surface area contributed by atoms with Gasteiger partial charge in [-0.2, -0.15) is 0 Å². The van der Waals surface area contributed by atoms with Crippen molar-refractivity contribution in [2.45, 2.75) is 110 Å². The highest BCUT2D eigenvalue weighted by Gasteiger charge is 2.16. The summed E-state index contributed by atoms with van der Waals surface area (Å²) >= 11 is 0. The van der Waals surface area contributed by atoms with Gasteiger partial charge < -0.3 is 10.8 Å². The van der Waals surface area contributed by atoms with Gasteiger partial charge in [0.25, 0.3) is 0 Å². The molecule has 0 saturated heterocycles. The topological polar surface area (TPSA) is 63.3 Å². The van der Waals surface area contributed by atoms with Gasteiger partial charge in [-0.15, -0.1) is 0 Å². The largest absolute Gasteiger partial charge is 0.393 e. The molecule has 0 spiro atoms. The molecule has 142 valence electrons. The molecule has 0 aromatic carbocycles. The number of primary amides is 1. The lowest BCUT2D eigenvalue weighted by atomic mass is 9.94. The summed E-state index contributed by atoms with van der Waals surface area (Å²) in [5.41, 5.74) is 5.38. The van der Waals surface area contributed by atoms with Gasteiger partial charge in [0.05, 0.1) is 6.10 Å². The lowest BCUT2D eigenvalue weighted by molar-refractivity contribution is -0.123. The number of allylic oxidation sites excluding steroid dienone is 2. The second kappa shape index (κ2) is 17.0. The van der Waals surface area contributed by atoms with Crippen LogP contribution in [0.4, 0.5) is 0 Å². The van der Waals surface area contributed by atoms with Gasteiger partial charge >= 0.3 is 0 Å². The summed E-state index contributed by atoms with van der Waals surface area (Å²) in [4.78, 5) is 11.3. The molecule has 3 nitrogen and oxygen atoms in total. The van der Waals surface area contributed by atoms with Crippen LogP contribution in [0.5, 0.6) is 0 Å². The number of rotatable bonds is 17. The number of hydrogen-bond acceptors (Lipinski definition) is 2. The Hall–Kier alpha value is -0.830. The van der Waals surface area contributed by atoms with Gasteiger partial charge in [0.15, 0.2) is 0 Å². The van der Waals surface area contributed by atoms with Gasteiger partial charge in [-0.05, 0) is 45.4 Å². The molecule has 0 saturated carbocycles. The summed E-state index contributed by atoms with van der Waals surface area (Å²) in [6.45, 7) is 3.97. The maximum absolute atomic E-state index is 11.3. The van der Waals surface area contributed by atoms with Crippen molar-refractivity contribution in [3.05, 3.63) is 12.2 Å². The molecular formula is C21H41NO2. The van der Waals surface area contributed by atoms with Gasteiger partial charge in [-0.25, -0.2) is 0 Å². The molecule has 0 aromatic heterocycles. The number of carbonyl (C=O) groups is 1. The van der Waals surface area contributed by atoms with Crippen molar-refractivity contribution >= 4 is 5.91 Å². The first-order valence-corrected chi connectivity index (χ1v) is 10.2. The molecule has 3 N–H and O–H groups in total. The van der Waals surface area contributed by atoms with Crippen LogP contribution in [0.15, 0.2) is 12.2 Å². The minimum Gasteiger partial charge on any atom is -0.393 e. The molecular weight excluding hydrogens is 298 g/mol. The zero-order chi connectivity index (χ0) is 18.0.